The van der Waals surface area contributed by atoms with Crippen molar-refractivity contribution < 1.29 is 4.79 Å². The van der Waals surface area contributed by atoms with Crippen LogP contribution in [0.1, 0.15) is 26.8 Å². The number of hydrogen-bond donors (Lipinski definition) is 2. The number of carbonyl (C=O) groups is 1. The number of hydrogen-bond acceptors (Lipinski definition) is 3. The van der Waals surface area contributed by atoms with Crippen LogP contribution in [-0.4, -0.2) is 15.9 Å². The summed E-state index contributed by atoms with van der Waals surface area (Å²) < 4.78 is 0. The fraction of sp³-hybridized carbons (Fsp3) is 0.0526. The summed E-state index contributed by atoms with van der Waals surface area (Å²) in [6, 6.07) is 19.4. The molecule has 0 saturated heterocycles. The van der Waals surface area contributed by atoms with E-state index in [4.69, 9.17) is 0 Å². The normalized spacial score (nSPS) is 12.2. The minimum absolute atomic E-state index is 0.103. The van der Waals surface area contributed by atoms with Crippen LogP contribution < -0.4 is 5.32 Å². The predicted octanol–water partition coefficient (Wildman–Crippen LogP) is 4.14. The fourth-order valence-corrected chi connectivity index (χ4v) is 3.51. The maximum atomic E-state index is 12.7. The van der Waals surface area contributed by atoms with Gasteiger partial charge in [-0.15, -0.1) is 11.3 Å². The monoisotopic (exact) mass is 333 g/mol. The lowest BCUT2D eigenvalue weighted by Gasteiger charge is -2.18. The molecule has 4 aromatic rings. The molecule has 5 heteroatoms. The molecule has 2 aromatic heterocycles. The maximum absolute atomic E-state index is 12.7. The molecule has 24 heavy (non-hydrogen) atoms. The van der Waals surface area contributed by atoms with Crippen LogP contribution >= 0.6 is 11.3 Å². The molecule has 0 bridgehead atoms. The molecule has 4 nitrogen and oxygen atoms in total. The van der Waals surface area contributed by atoms with Crippen LogP contribution in [0, 0.1) is 0 Å². The van der Waals surface area contributed by atoms with Crippen molar-refractivity contribution in [3.8, 4) is 0 Å². The Labute approximate surface area is 143 Å². The van der Waals surface area contributed by atoms with Crippen molar-refractivity contribution in [2.75, 3.05) is 0 Å². The second-order valence-corrected chi connectivity index (χ2v) is 6.45. The number of nitrogens with zero attached hydrogens (tertiary/aromatic N) is 1. The molecule has 4 rings (SSSR count). The van der Waals surface area contributed by atoms with Gasteiger partial charge >= 0.3 is 0 Å². The van der Waals surface area contributed by atoms with Crippen LogP contribution in [0.2, 0.25) is 0 Å². The summed E-state index contributed by atoms with van der Waals surface area (Å²) in [7, 11) is 0. The molecular formula is C19H15N3OS. The Hall–Kier alpha value is -2.92. The van der Waals surface area contributed by atoms with Crippen LogP contribution in [0.3, 0.4) is 0 Å². The predicted molar refractivity (Wildman–Crippen MR) is 96.2 cm³/mol. The molecule has 1 amide bonds. The van der Waals surface area contributed by atoms with Crippen molar-refractivity contribution in [2.45, 2.75) is 6.04 Å². The van der Waals surface area contributed by atoms with Gasteiger partial charge in [0, 0.05) is 10.4 Å². The number of rotatable bonds is 4. The molecule has 118 valence electrons. The Morgan fingerprint density at radius 3 is 2.75 bits per heavy atom. The molecule has 0 unspecified atom stereocenters. The number of aromatic nitrogens is 2. The molecular weight excluding hydrogens is 318 g/mol. The molecule has 2 heterocycles. The summed E-state index contributed by atoms with van der Waals surface area (Å²) in [5.74, 6) is -0.103. The lowest BCUT2D eigenvalue weighted by Crippen LogP contribution is -2.28. The zero-order chi connectivity index (χ0) is 16.4. The molecule has 0 radical (unpaired) electrons. The Morgan fingerprint density at radius 2 is 1.96 bits per heavy atom. The first-order valence-electron chi connectivity index (χ1n) is 7.63. The van der Waals surface area contributed by atoms with E-state index in [0.717, 1.165) is 21.5 Å². The van der Waals surface area contributed by atoms with E-state index in [2.05, 4.69) is 15.3 Å². The number of amides is 1. The van der Waals surface area contributed by atoms with Crippen LogP contribution in [0.5, 0.6) is 0 Å². The zero-order valence-corrected chi connectivity index (χ0v) is 13.6. The molecule has 1 atom stereocenters. The molecule has 0 spiro atoms. The second-order valence-electron chi connectivity index (χ2n) is 5.47. The van der Waals surface area contributed by atoms with Gasteiger partial charge in [0.15, 0.2) is 0 Å². The highest BCUT2D eigenvalue weighted by Gasteiger charge is 2.18. The van der Waals surface area contributed by atoms with E-state index in [9.17, 15) is 4.79 Å². The summed E-state index contributed by atoms with van der Waals surface area (Å²) in [6.45, 7) is 0. The maximum Gasteiger partial charge on any atom is 0.252 e. The minimum Gasteiger partial charge on any atom is -0.345 e. The summed E-state index contributed by atoms with van der Waals surface area (Å²) >= 11 is 1.64. The van der Waals surface area contributed by atoms with Crippen molar-refractivity contribution in [3.63, 3.8) is 0 Å². The first kappa shape index (κ1) is 14.7. The van der Waals surface area contributed by atoms with Crippen molar-refractivity contribution in [1.82, 2.24) is 15.3 Å². The number of nitrogens with one attached hydrogen (secondary N) is 2. The smallest absolute Gasteiger partial charge is 0.252 e. The quantitative estimate of drug-likeness (QED) is 0.589. The lowest BCUT2D eigenvalue weighted by atomic mass is 10.0. The SMILES string of the molecule is O=C(N[C@H](c1ccccc1)c1cccs1)c1ccc2nc[nH]c2c1. The van der Waals surface area contributed by atoms with Gasteiger partial charge < -0.3 is 10.3 Å². The Kier molecular flexibility index (Phi) is 3.84. The summed E-state index contributed by atoms with van der Waals surface area (Å²) in [5.41, 5.74) is 3.39. The van der Waals surface area contributed by atoms with Gasteiger partial charge in [-0.05, 0) is 35.2 Å². The number of H-pyrrole nitrogens is 1. The first-order valence-corrected chi connectivity index (χ1v) is 8.51. The van der Waals surface area contributed by atoms with Crippen LogP contribution in [0.15, 0.2) is 72.4 Å². The Bertz CT molecular complexity index is 961. The lowest BCUT2D eigenvalue weighted by molar-refractivity contribution is 0.0943. The number of benzene rings is 2. The number of imidazole rings is 1. The van der Waals surface area contributed by atoms with Gasteiger partial charge in [-0.2, -0.15) is 0 Å². The van der Waals surface area contributed by atoms with Gasteiger partial charge in [0.1, 0.15) is 0 Å². The highest BCUT2D eigenvalue weighted by atomic mass is 32.1. The summed E-state index contributed by atoms with van der Waals surface area (Å²) in [4.78, 5) is 21.1. The topological polar surface area (TPSA) is 57.8 Å². The van der Waals surface area contributed by atoms with Crippen molar-refractivity contribution in [3.05, 3.63) is 88.4 Å². The van der Waals surface area contributed by atoms with Gasteiger partial charge in [-0.1, -0.05) is 36.4 Å². The molecule has 2 N–H and O–H groups in total. The van der Waals surface area contributed by atoms with Gasteiger partial charge in [-0.3, -0.25) is 4.79 Å². The molecule has 0 saturated carbocycles. The number of fused-ring (bicyclic) bond motifs is 1. The Morgan fingerprint density at radius 1 is 1.08 bits per heavy atom. The number of carbonyl (C=O) groups excluding carboxylic acids is 1. The fourth-order valence-electron chi connectivity index (χ4n) is 2.71. The van der Waals surface area contributed by atoms with Crippen LogP contribution in [0.4, 0.5) is 0 Å². The van der Waals surface area contributed by atoms with E-state index in [0.29, 0.717) is 5.56 Å². The van der Waals surface area contributed by atoms with Gasteiger partial charge in [-0.25, -0.2) is 4.98 Å². The average molecular weight is 333 g/mol. The van der Waals surface area contributed by atoms with Gasteiger partial charge in [0.2, 0.25) is 0 Å². The summed E-state index contributed by atoms with van der Waals surface area (Å²) in [6.07, 6.45) is 1.63. The largest absolute Gasteiger partial charge is 0.345 e. The first-order chi connectivity index (χ1) is 11.8. The molecule has 0 aliphatic carbocycles. The zero-order valence-electron chi connectivity index (χ0n) is 12.8. The van der Waals surface area contributed by atoms with Crippen LogP contribution in [0.25, 0.3) is 11.0 Å². The van der Waals surface area contributed by atoms with E-state index in [1.807, 2.05) is 60.0 Å². The van der Waals surface area contributed by atoms with Crippen LogP contribution in [-0.2, 0) is 0 Å². The van der Waals surface area contributed by atoms with Gasteiger partial charge in [0.25, 0.3) is 5.91 Å². The minimum atomic E-state index is -0.156. The number of thiophene rings is 1. The third-order valence-corrected chi connectivity index (χ3v) is 4.86. The second kappa shape index (κ2) is 6.29. The molecule has 0 fully saturated rings. The average Bonchev–Trinajstić information content (AvgIpc) is 3.31. The summed E-state index contributed by atoms with van der Waals surface area (Å²) in [5, 5.41) is 5.17. The van der Waals surface area contributed by atoms with E-state index in [-0.39, 0.29) is 11.9 Å². The molecule has 0 aliphatic rings. The standard InChI is InChI=1S/C19H15N3OS/c23-19(14-8-9-15-16(11-14)21-12-20-15)22-18(17-7-4-10-24-17)13-5-2-1-3-6-13/h1-12,18H,(H,20,21)(H,22,23)/t18-/m1/s1. The highest BCUT2D eigenvalue weighted by molar-refractivity contribution is 7.10. The third kappa shape index (κ3) is 2.81. The molecule has 2 aromatic carbocycles. The third-order valence-electron chi connectivity index (χ3n) is 3.92. The van der Waals surface area contributed by atoms with Crippen molar-refractivity contribution in [2.24, 2.45) is 0 Å². The van der Waals surface area contributed by atoms with Gasteiger partial charge in [0.05, 0.1) is 23.4 Å². The van der Waals surface area contributed by atoms with E-state index < -0.39 is 0 Å². The van der Waals surface area contributed by atoms with E-state index in [1.54, 1.807) is 23.7 Å². The number of aromatic amines is 1. The van der Waals surface area contributed by atoms with Crippen molar-refractivity contribution >= 4 is 28.3 Å². The van der Waals surface area contributed by atoms with E-state index in [1.165, 1.54) is 0 Å². The molecule has 0 aliphatic heterocycles. The van der Waals surface area contributed by atoms with E-state index >= 15 is 0 Å². The van der Waals surface area contributed by atoms with Crippen molar-refractivity contribution in [1.29, 1.82) is 0 Å². The highest BCUT2D eigenvalue weighted by Crippen LogP contribution is 2.26. The Balaban J connectivity index is 1.65.